The number of carbonyl (C=O) groups is 1. The van der Waals surface area contributed by atoms with Crippen molar-refractivity contribution in [1.82, 2.24) is 19.9 Å². The molecular formula is C39H46N6O4S. The van der Waals surface area contributed by atoms with Crippen LogP contribution in [0, 0.1) is 25.2 Å². The minimum atomic E-state index is -4.16. The molecule has 0 radical (unpaired) electrons. The van der Waals surface area contributed by atoms with Crippen LogP contribution in [0.2, 0.25) is 0 Å². The lowest BCUT2D eigenvalue weighted by Gasteiger charge is -2.36. The zero-order valence-corrected chi connectivity index (χ0v) is 30.3. The van der Waals surface area contributed by atoms with Crippen LogP contribution in [0.3, 0.4) is 0 Å². The van der Waals surface area contributed by atoms with E-state index in [1.54, 1.807) is 23.1 Å². The molecule has 0 unspecified atom stereocenters. The van der Waals surface area contributed by atoms with E-state index in [0.717, 1.165) is 47.1 Å². The number of anilines is 2. The maximum Gasteiger partial charge on any atom is 0.264 e. The summed E-state index contributed by atoms with van der Waals surface area (Å²) in [6.07, 6.45) is 5.53. The zero-order valence-electron chi connectivity index (χ0n) is 29.5. The van der Waals surface area contributed by atoms with Crippen molar-refractivity contribution in [1.29, 1.82) is 0 Å². The van der Waals surface area contributed by atoms with Crippen LogP contribution < -0.4 is 14.4 Å². The number of carbonyl (C=O) groups excluding carboxylic acids is 1. The minimum Gasteiger partial charge on any atom is -0.475 e. The van der Waals surface area contributed by atoms with Crippen molar-refractivity contribution in [3.63, 3.8) is 0 Å². The summed E-state index contributed by atoms with van der Waals surface area (Å²) >= 11 is 0. The normalized spacial score (nSPS) is 20.7. The summed E-state index contributed by atoms with van der Waals surface area (Å²) in [7, 11) is -4.16. The fourth-order valence-electron chi connectivity index (χ4n) is 7.48. The Labute approximate surface area is 295 Å². The van der Waals surface area contributed by atoms with Crippen LogP contribution >= 0.6 is 0 Å². The number of ether oxygens (including phenoxy) is 1. The van der Waals surface area contributed by atoms with Gasteiger partial charge in [-0.3, -0.25) is 4.79 Å². The molecular weight excluding hydrogens is 649 g/mol. The predicted molar refractivity (Wildman–Crippen MR) is 195 cm³/mol. The van der Waals surface area contributed by atoms with Crippen molar-refractivity contribution >= 4 is 27.7 Å². The number of rotatable bonds is 6. The quantitative estimate of drug-likeness (QED) is 0.226. The molecule has 2 fully saturated rings. The first-order valence-electron chi connectivity index (χ1n) is 17.6. The number of pyridine rings is 1. The highest BCUT2D eigenvalue weighted by molar-refractivity contribution is 7.92. The average molecular weight is 695 g/mol. The maximum absolute atomic E-state index is 14.6. The third kappa shape index (κ3) is 7.33. The van der Waals surface area contributed by atoms with Crippen LogP contribution in [-0.2, 0) is 16.6 Å². The molecule has 2 aromatic heterocycles. The van der Waals surface area contributed by atoms with Gasteiger partial charge in [0.05, 0.1) is 28.9 Å². The van der Waals surface area contributed by atoms with Crippen LogP contribution in [-0.4, -0.2) is 59.4 Å². The Morgan fingerprint density at radius 2 is 1.66 bits per heavy atom. The van der Waals surface area contributed by atoms with Crippen LogP contribution in [0.25, 0.3) is 11.3 Å². The molecule has 262 valence electrons. The highest BCUT2D eigenvalue weighted by Gasteiger charge is 2.39. The van der Waals surface area contributed by atoms with Gasteiger partial charge in [-0.2, -0.15) is 4.98 Å². The second kappa shape index (κ2) is 13.3. The Bertz CT molecular complexity index is 2000. The molecule has 2 aromatic carbocycles. The number of fused-ring (bicyclic) bond motifs is 4. The van der Waals surface area contributed by atoms with Gasteiger partial charge in [-0.15, -0.1) is 0 Å². The van der Waals surface area contributed by atoms with Crippen molar-refractivity contribution < 1.29 is 17.9 Å². The molecule has 4 heterocycles. The third-order valence-corrected chi connectivity index (χ3v) is 11.2. The van der Waals surface area contributed by atoms with Crippen LogP contribution in [0.15, 0.2) is 71.6 Å². The Balaban J connectivity index is 1.31. The van der Waals surface area contributed by atoms with Gasteiger partial charge >= 0.3 is 0 Å². The molecule has 0 spiro atoms. The molecule has 4 aromatic rings. The predicted octanol–water partition coefficient (Wildman–Crippen LogP) is 7.17. The van der Waals surface area contributed by atoms with E-state index in [-0.39, 0.29) is 46.8 Å². The van der Waals surface area contributed by atoms with Crippen molar-refractivity contribution in [2.24, 2.45) is 11.3 Å². The maximum atomic E-state index is 14.6. The standard InChI is InChI=1S/C39H46N6O4S/c1-25-10-6-11-26(2)36(25)32-21-35-42-38(41-32)43-50(47,48)31-14-7-12-28(20-31)37(46)45(30(24-49-35)22-39(3,4)5)23-29-13-8-16-34(40-29)44-19-9-15-33(44)27-17-18-27/h6-8,10-14,16,20-21,27,30,33H,9,15,17-19,22-24H2,1-5H3,(H,41,42,43)/t30-,33+/m1/s1. The van der Waals surface area contributed by atoms with Gasteiger partial charge in [0.15, 0.2) is 0 Å². The summed E-state index contributed by atoms with van der Waals surface area (Å²) in [5.74, 6) is 1.51. The van der Waals surface area contributed by atoms with Crippen molar-refractivity contribution in [3.8, 4) is 17.1 Å². The first kappa shape index (κ1) is 34.0. The van der Waals surface area contributed by atoms with Gasteiger partial charge in [0.25, 0.3) is 15.9 Å². The smallest absolute Gasteiger partial charge is 0.264 e. The van der Waals surface area contributed by atoms with Crippen LogP contribution in [0.4, 0.5) is 11.8 Å². The number of aromatic nitrogens is 3. The molecule has 3 aliphatic rings. The lowest BCUT2D eigenvalue weighted by Crippen LogP contribution is -2.45. The summed E-state index contributed by atoms with van der Waals surface area (Å²) in [5.41, 5.74) is 4.26. The number of sulfonamides is 1. The number of amides is 1. The van der Waals surface area contributed by atoms with Gasteiger partial charge in [0.2, 0.25) is 11.8 Å². The Kier molecular flexibility index (Phi) is 9.05. The van der Waals surface area contributed by atoms with E-state index < -0.39 is 16.1 Å². The molecule has 1 saturated carbocycles. The molecule has 1 N–H and O–H groups in total. The van der Waals surface area contributed by atoms with Crippen molar-refractivity contribution in [2.45, 2.75) is 90.2 Å². The van der Waals surface area contributed by atoms with E-state index in [4.69, 9.17) is 9.72 Å². The van der Waals surface area contributed by atoms with E-state index in [9.17, 15) is 13.2 Å². The number of benzene rings is 2. The first-order valence-corrected chi connectivity index (χ1v) is 19.1. The largest absolute Gasteiger partial charge is 0.475 e. The second-order valence-electron chi connectivity index (χ2n) is 15.2. The van der Waals surface area contributed by atoms with E-state index >= 15 is 0 Å². The SMILES string of the molecule is Cc1cccc(C)c1-c1cc2nc(n1)NS(=O)(=O)c1cccc(c1)C(=O)N(Cc1cccc(N3CCC[C@H]3C3CC3)n1)[C@H](CC(C)(C)C)CO2. The van der Waals surface area contributed by atoms with E-state index in [2.05, 4.69) is 46.4 Å². The van der Waals surface area contributed by atoms with Crippen molar-refractivity contribution in [2.75, 3.05) is 22.8 Å². The van der Waals surface area contributed by atoms with Gasteiger partial charge in [0, 0.05) is 29.8 Å². The monoisotopic (exact) mass is 694 g/mol. The lowest BCUT2D eigenvalue weighted by molar-refractivity contribution is 0.0509. The molecule has 50 heavy (non-hydrogen) atoms. The molecule has 1 amide bonds. The number of nitrogens with one attached hydrogen (secondary N) is 1. The van der Waals surface area contributed by atoms with Crippen molar-refractivity contribution in [3.05, 3.63) is 89.1 Å². The Hall–Kier alpha value is -4.51. The van der Waals surface area contributed by atoms with Gasteiger partial charge in [-0.05, 0) is 98.7 Å². The molecule has 2 aliphatic heterocycles. The Morgan fingerprint density at radius 3 is 2.40 bits per heavy atom. The topological polar surface area (TPSA) is 118 Å². The molecule has 1 saturated heterocycles. The highest BCUT2D eigenvalue weighted by atomic mass is 32.2. The van der Waals surface area contributed by atoms with E-state index in [1.165, 1.54) is 31.4 Å². The fourth-order valence-corrected chi connectivity index (χ4v) is 8.47. The van der Waals surface area contributed by atoms with E-state index in [1.807, 2.05) is 44.2 Å². The molecule has 4 bridgehead atoms. The van der Waals surface area contributed by atoms with Gasteiger partial charge in [0.1, 0.15) is 12.4 Å². The summed E-state index contributed by atoms with van der Waals surface area (Å²) in [4.78, 5) is 33.1. The molecule has 2 atom stereocenters. The summed E-state index contributed by atoms with van der Waals surface area (Å²) in [6, 6.07) is 20.0. The molecule has 11 heteroatoms. The lowest BCUT2D eigenvalue weighted by atomic mass is 9.87. The second-order valence-corrected chi connectivity index (χ2v) is 16.9. The van der Waals surface area contributed by atoms with Gasteiger partial charge in [-0.1, -0.05) is 51.1 Å². The molecule has 7 rings (SSSR count). The molecule has 1 aliphatic carbocycles. The summed E-state index contributed by atoms with van der Waals surface area (Å²) < 4.78 is 36.5. The van der Waals surface area contributed by atoms with Gasteiger partial charge < -0.3 is 14.5 Å². The average Bonchev–Trinajstić information content (AvgIpc) is 3.79. The van der Waals surface area contributed by atoms with Crippen LogP contribution in [0.5, 0.6) is 5.88 Å². The number of nitrogens with zero attached hydrogens (tertiary/aromatic N) is 5. The highest BCUT2D eigenvalue weighted by Crippen LogP contribution is 2.41. The summed E-state index contributed by atoms with van der Waals surface area (Å²) in [6.45, 7) is 11.8. The Morgan fingerprint density at radius 1 is 0.920 bits per heavy atom. The number of hydrogen-bond donors (Lipinski definition) is 1. The first-order chi connectivity index (χ1) is 23.8. The third-order valence-electron chi connectivity index (χ3n) is 9.91. The zero-order chi connectivity index (χ0) is 35.2. The fraction of sp³-hybridized carbons (Fsp3) is 0.436. The summed E-state index contributed by atoms with van der Waals surface area (Å²) in [5, 5.41) is 0. The minimum absolute atomic E-state index is 0.0567. The van der Waals surface area contributed by atoms with E-state index in [0.29, 0.717) is 18.2 Å². The number of aryl methyl sites for hydroxylation is 2. The molecule has 10 nitrogen and oxygen atoms in total. The van der Waals surface area contributed by atoms with Gasteiger partial charge in [-0.25, -0.2) is 23.1 Å². The number of hydrogen-bond acceptors (Lipinski definition) is 8. The van der Waals surface area contributed by atoms with Crippen LogP contribution in [0.1, 0.15) is 80.1 Å².